The number of aliphatic carboxylic acids is 1. The van der Waals surface area contributed by atoms with Gasteiger partial charge >= 0.3 is 5.97 Å². The van der Waals surface area contributed by atoms with Crippen molar-refractivity contribution in [1.82, 2.24) is 0 Å². The first-order valence-corrected chi connectivity index (χ1v) is 8.90. The summed E-state index contributed by atoms with van der Waals surface area (Å²) < 4.78 is 0. The SMILES string of the molecule is CC(C)(C)CCCc1cc(O)c(O)cc1CCCC1(C(=O)O)CC1. The topological polar surface area (TPSA) is 77.8 Å². The second-order valence-electron chi connectivity index (χ2n) is 8.46. The molecular formula is C20H30O4. The molecular weight excluding hydrogens is 304 g/mol. The molecule has 0 saturated heterocycles. The molecule has 1 fully saturated rings. The van der Waals surface area contributed by atoms with Crippen LogP contribution in [0.25, 0.3) is 0 Å². The van der Waals surface area contributed by atoms with Crippen LogP contribution in [0.5, 0.6) is 11.5 Å². The predicted molar refractivity (Wildman–Crippen MR) is 94.4 cm³/mol. The van der Waals surface area contributed by atoms with Gasteiger partial charge in [-0.05, 0) is 80.0 Å². The Morgan fingerprint density at radius 1 is 1.04 bits per heavy atom. The molecule has 4 heteroatoms. The van der Waals surface area contributed by atoms with Gasteiger partial charge in [-0.15, -0.1) is 0 Å². The van der Waals surface area contributed by atoms with Crippen molar-refractivity contribution in [3.63, 3.8) is 0 Å². The summed E-state index contributed by atoms with van der Waals surface area (Å²) in [4.78, 5) is 11.3. The quantitative estimate of drug-likeness (QED) is 0.605. The second kappa shape index (κ2) is 7.04. The summed E-state index contributed by atoms with van der Waals surface area (Å²) in [6.45, 7) is 6.63. The molecule has 1 aromatic rings. The third kappa shape index (κ3) is 4.89. The number of phenols is 2. The molecule has 134 valence electrons. The first kappa shape index (κ1) is 18.6. The van der Waals surface area contributed by atoms with Crippen molar-refractivity contribution in [1.29, 1.82) is 0 Å². The molecule has 0 bridgehead atoms. The number of phenolic OH excluding ortho intramolecular Hbond substituents is 2. The van der Waals surface area contributed by atoms with E-state index in [0.29, 0.717) is 6.42 Å². The van der Waals surface area contributed by atoms with Crippen LogP contribution in [0.1, 0.15) is 70.4 Å². The summed E-state index contributed by atoms with van der Waals surface area (Å²) in [5.74, 6) is -0.848. The molecule has 0 heterocycles. The maximum absolute atomic E-state index is 11.3. The summed E-state index contributed by atoms with van der Waals surface area (Å²) in [5.41, 5.74) is 1.87. The van der Waals surface area contributed by atoms with E-state index in [9.17, 15) is 20.1 Å². The minimum atomic E-state index is -0.679. The van der Waals surface area contributed by atoms with Crippen LogP contribution in [-0.2, 0) is 17.6 Å². The van der Waals surface area contributed by atoms with Crippen molar-refractivity contribution < 1.29 is 20.1 Å². The van der Waals surface area contributed by atoms with Gasteiger partial charge in [-0.2, -0.15) is 0 Å². The number of carboxylic acids is 1. The number of carbonyl (C=O) groups is 1. The van der Waals surface area contributed by atoms with Gasteiger partial charge < -0.3 is 15.3 Å². The lowest BCUT2D eigenvalue weighted by atomic mass is 9.87. The molecule has 1 saturated carbocycles. The van der Waals surface area contributed by atoms with Gasteiger partial charge in [0.2, 0.25) is 0 Å². The van der Waals surface area contributed by atoms with Gasteiger partial charge in [-0.3, -0.25) is 4.79 Å². The van der Waals surface area contributed by atoms with Crippen molar-refractivity contribution in [2.24, 2.45) is 10.8 Å². The third-order valence-electron chi connectivity index (χ3n) is 5.08. The van der Waals surface area contributed by atoms with Gasteiger partial charge in [0.05, 0.1) is 5.41 Å². The lowest BCUT2D eigenvalue weighted by Crippen LogP contribution is -2.14. The Labute approximate surface area is 144 Å². The van der Waals surface area contributed by atoms with E-state index < -0.39 is 11.4 Å². The van der Waals surface area contributed by atoms with Crippen molar-refractivity contribution in [2.45, 2.75) is 72.1 Å². The predicted octanol–water partition coefficient (Wildman–Crippen LogP) is 4.65. The van der Waals surface area contributed by atoms with E-state index in [-0.39, 0.29) is 16.9 Å². The lowest BCUT2D eigenvalue weighted by Gasteiger charge is -2.19. The van der Waals surface area contributed by atoms with Gasteiger partial charge in [0.25, 0.3) is 0 Å². The number of benzene rings is 1. The van der Waals surface area contributed by atoms with Gasteiger partial charge in [0, 0.05) is 0 Å². The minimum Gasteiger partial charge on any atom is -0.504 e. The maximum Gasteiger partial charge on any atom is 0.309 e. The number of aromatic hydroxyl groups is 2. The smallest absolute Gasteiger partial charge is 0.309 e. The summed E-state index contributed by atoms with van der Waals surface area (Å²) in [7, 11) is 0. The zero-order chi connectivity index (χ0) is 18.0. The molecule has 1 aliphatic rings. The van der Waals surface area contributed by atoms with E-state index in [2.05, 4.69) is 20.8 Å². The molecule has 3 N–H and O–H groups in total. The number of hydrogen-bond acceptors (Lipinski definition) is 3. The monoisotopic (exact) mass is 334 g/mol. The maximum atomic E-state index is 11.3. The normalized spacial score (nSPS) is 16.1. The van der Waals surface area contributed by atoms with E-state index in [1.54, 1.807) is 12.1 Å². The highest BCUT2D eigenvalue weighted by molar-refractivity contribution is 5.77. The van der Waals surface area contributed by atoms with E-state index in [1.807, 2.05) is 0 Å². The molecule has 0 aromatic heterocycles. The molecule has 0 unspecified atom stereocenters. The lowest BCUT2D eigenvalue weighted by molar-refractivity contribution is -0.143. The minimum absolute atomic E-state index is 0.0753. The fraction of sp³-hybridized carbons (Fsp3) is 0.650. The first-order chi connectivity index (χ1) is 11.1. The zero-order valence-corrected chi connectivity index (χ0v) is 15.1. The van der Waals surface area contributed by atoms with Crippen molar-refractivity contribution in [2.75, 3.05) is 0 Å². The molecule has 0 radical (unpaired) electrons. The van der Waals surface area contributed by atoms with Crippen LogP contribution in [0.3, 0.4) is 0 Å². The van der Waals surface area contributed by atoms with Gasteiger partial charge in [0.1, 0.15) is 0 Å². The van der Waals surface area contributed by atoms with Crippen LogP contribution in [0, 0.1) is 10.8 Å². The molecule has 1 aromatic carbocycles. The second-order valence-corrected chi connectivity index (χ2v) is 8.46. The Hall–Kier alpha value is -1.71. The van der Waals surface area contributed by atoms with Crippen LogP contribution in [0.15, 0.2) is 12.1 Å². The first-order valence-electron chi connectivity index (χ1n) is 8.90. The number of hydrogen-bond donors (Lipinski definition) is 3. The summed E-state index contributed by atoms with van der Waals surface area (Å²) in [6.07, 6.45) is 6.77. The highest BCUT2D eigenvalue weighted by Crippen LogP contribution is 2.50. The van der Waals surface area contributed by atoms with Gasteiger partial charge in [0.15, 0.2) is 11.5 Å². The average Bonchev–Trinajstić information content (AvgIpc) is 3.23. The van der Waals surface area contributed by atoms with Crippen LogP contribution >= 0.6 is 0 Å². The summed E-state index contributed by atoms with van der Waals surface area (Å²) >= 11 is 0. The molecule has 4 nitrogen and oxygen atoms in total. The number of carboxylic acid groups (broad SMARTS) is 1. The van der Waals surface area contributed by atoms with Crippen molar-refractivity contribution in [3.05, 3.63) is 23.3 Å². The number of aryl methyl sites for hydroxylation is 2. The Kier molecular flexibility index (Phi) is 5.46. The molecule has 2 rings (SSSR count). The fourth-order valence-corrected chi connectivity index (χ4v) is 3.28. The van der Waals surface area contributed by atoms with Crippen LogP contribution < -0.4 is 0 Å². The molecule has 0 spiro atoms. The fourth-order valence-electron chi connectivity index (χ4n) is 3.28. The van der Waals surface area contributed by atoms with Crippen LogP contribution in [-0.4, -0.2) is 21.3 Å². The van der Waals surface area contributed by atoms with E-state index in [0.717, 1.165) is 56.1 Å². The highest BCUT2D eigenvalue weighted by Gasteiger charge is 2.49. The molecule has 0 atom stereocenters. The van der Waals surface area contributed by atoms with E-state index in [4.69, 9.17) is 0 Å². The standard InChI is InChI=1S/C20H30O4/c1-19(2,3)8-4-6-14-12-16(21)17(22)13-15(14)7-5-9-20(10-11-20)18(23)24/h12-13,21-22H,4-11H2,1-3H3,(H,23,24). The molecule has 24 heavy (non-hydrogen) atoms. The van der Waals surface area contributed by atoms with Gasteiger partial charge in [-0.1, -0.05) is 20.8 Å². The van der Waals surface area contributed by atoms with Crippen LogP contribution in [0.2, 0.25) is 0 Å². The summed E-state index contributed by atoms with van der Waals surface area (Å²) in [6, 6.07) is 3.31. The largest absolute Gasteiger partial charge is 0.504 e. The Bertz CT molecular complexity index is 594. The van der Waals surface area contributed by atoms with Crippen molar-refractivity contribution >= 4 is 5.97 Å². The molecule has 1 aliphatic carbocycles. The Morgan fingerprint density at radius 3 is 1.96 bits per heavy atom. The Balaban J connectivity index is 1.99. The Morgan fingerprint density at radius 2 is 1.54 bits per heavy atom. The van der Waals surface area contributed by atoms with Crippen LogP contribution in [0.4, 0.5) is 0 Å². The van der Waals surface area contributed by atoms with E-state index >= 15 is 0 Å². The van der Waals surface area contributed by atoms with Crippen molar-refractivity contribution in [3.8, 4) is 11.5 Å². The zero-order valence-electron chi connectivity index (χ0n) is 15.1. The molecule has 0 amide bonds. The number of rotatable bonds is 8. The average molecular weight is 334 g/mol. The van der Waals surface area contributed by atoms with E-state index in [1.165, 1.54) is 0 Å². The van der Waals surface area contributed by atoms with Gasteiger partial charge in [-0.25, -0.2) is 0 Å². The third-order valence-corrected chi connectivity index (χ3v) is 5.08. The molecule has 0 aliphatic heterocycles. The summed E-state index contributed by atoms with van der Waals surface area (Å²) in [5, 5.41) is 28.8. The highest BCUT2D eigenvalue weighted by atomic mass is 16.4.